The van der Waals surface area contributed by atoms with Crippen molar-refractivity contribution in [1.82, 2.24) is 4.90 Å². The lowest BCUT2D eigenvalue weighted by Gasteiger charge is -2.20. The summed E-state index contributed by atoms with van der Waals surface area (Å²) < 4.78 is 0. The van der Waals surface area contributed by atoms with E-state index < -0.39 is 6.10 Å². The fourth-order valence-electron chi connectivity index (χ4n) is 3.10. The fourth-order valence-corrected chi connectivity index (χ4v) is 3.10. The van der Waals surface area contributed by atoms with Gasteiger partial charge in [-0.3, -0.25) is 0 Å². The van der Waals surface area contributed by atoms with Gasteiger partial charge in [0.1, 0.15) is 0 Å². The highest BCUT2D eigenvalue weighted by Crippen LogP contribution is 2.21. The Labute approximate surface area is 144 Å². The summed E-state index contributed by atoms with van der Waals surface area (Å²) in [5.41, 5.74) is 3.55. The molecule has 0 aromatic heterocycles. The molecule has 0 radical (unpaired) electrons. The third kappa shape index (κ3) is 4.02. The van der Waals surface area contributed by atoms with E-state index in [0.717, 1.165) is 25.1 Å². The minimum absolute atomic E-state index is 0.402. The molecule has 3 aromatic carbocycles. The van der Waals surface area contributed by atoms with Gasteiger partial charge >= 0.3 is 0 Å². The number of aryl methyl sites for hydroxylation is 1. The molecule has 24 heavy (non-hydrogen) atoms. The van der Waals surface area contributed by atoms with Gasteiger partial charge in [0, 0.05) is 13.1 Å². The molecule has 3 rings (SSSR count). The van der Waals surface area contributed by atoms with Gasteiger partial charge in [-0.1, -0.05) is 72.3 Å². The van der Waals surface area contributed by atoms with E-state index in [4.69, 9.17) is 0 Å². The summed E-state index contributed by atoms with van der Waals surface area (Å²) in [5, 5.41) is 13.0. The minimum Gasteiger partial charge on any atom is -0.388 e. The van der Waals surface area contributed by atoms with Crippen LogP contribution in [0.1, 0.15) is 29.2 Å². The molecule has 0 heterocycles. The number of fused-ring (bicyclic) bond motifs is 1. The van der Waals surface area contributed by atoms with Crippen LogP contribution in [-0.2, 0) is 6.54 Å². The van der Waals surface area contributed by atoms with E-state index in [9.17, 15) is 5.11 Å². The van der Waals surface area contributed by atoms with Crippen molar-refractivity contribution in [2.24, 2.45) is 0 Å². The van der Waals surface area contributed by atoms with Crippen LogP contribution in [0.4, 0.5) is 0 Å². The molecule has 3 aromatic rings. The van der Waals surface area contributed by atoms with Crippen LogP contribution in [0.25, 0.3) is 10.8 Å². The first-order chi connectivity index (χ1) is 11.6. The van der Waals surface area contributed by atoms with Gasteiger partial charge in [-0.2, -0.15) is 0 Å². The van der Waals surface area contributed by atoms with Crippen LogP contribution < -0.4 is 0 Å². The summed E-state index contributed by atoms with van der Waals surface area (Å²) in [6.45, 7) is 3.81. The van der Waals surface area contributed by atoms with Crippen LogP contribution in [-0.4, -0.2) is 23.6 Å². The highest BCUT2D eigenvalue weighted by molar-refractivity contribution is 5.85. The third-order valence-electron chi connectivity index (χ3n) is 4.57. The van der Waals surface area contributed by atoms with Crippen molar-refractivity contribution in [2.45, 2.75) is 26.0 Å². The second-order valence-electron chi connectivity index (χ2n) is 6.59. The zero-order valence-electron chi connectivity index (χ0n) is 14.4. The van der Waals surface area contributed by atoms with Gasteiger partial charge in [0.25, 0.3) is 0 Å². The zero-order valence-corrected chi connectivity index (χ0v) is 14.4. The van der Waals surface area contributed by atoms with Crippen molar-refractivity contribution in [2.75, 3.05) is 13.6 Å². The van der Waals surface area contributed by atoms with E-state index in [1.165, 1.54) is 21.9 Å². The number of benzene rings is 3. The molecule has 0 aliphatic rings. The zero-order chi connectivity index (χ0) is 16.9. The van der Waals surface area contributed by atoms with Crippen molar-refractivity contribution in [3.8, 4) is 0 Å². The van der Waals surface area contributed by atoms with Crippen LogP contribution in [0.5, 0.6) is 0 Å². The molecule has 1 atom stereocenters. The van der Waals surface area contributed by atoms with Gasteiger partial charge in [0.2, 0.25) is 0 Å². The molecule has 2 nitrogen and oxygen atoms in total. The highest BCUT2D eigenvalue weighted by atomic mass is 16.3. The summed E-state index contributed by atoms with van der Waals surface area (Å²) >= 11 is 0. The molecular weight excluding hydrogens is 294 g/mol. The second kappa shape index (κ2) is 7.61. The largest absolute Gasteiger partial charge is 0.388 e. The van der Waals surface area contributed by atoms with E-state index in [1.54, 1.807) is 0 Å². The summed E-state index contributed by atoms with van der Waals surface area (Å²) in [5.74, 6) is 0. The molecule has 0 saturated carbocycles. The molecule has 0 spiro atoms. The molecule has 0 bridgehead atoms. The first kappa shape index (κ1) is 16.7. The molecule has 2 heteroatoms. The number of aliphatic hydroxyl groups is 1. The Bertz CT molecular complexity index is 789. The second-order valence-corrected chi connectivity index (χ2v) is 6.59. The third-order valence-corrected chi connectivity index (χ3v) is 4.57. The van der Waals surface area contributed by atoms with E-state index >= 15 is 0 Å². The average Bonchev–Trinajstić information content (AvgIpc) is 2.61. The van der Waals surface area contributed by atoms with Crippen molar-refractivity contribution in [3.05, 3.63) is 83.4 Å². The molecule has 124 valence electrons. The van der Waals surface area contributed by atoms with Crippen LogP contribution >= 0.6 is 0 Å². The molecule has 0 aliphatic carbocycles. The molecule has 1 N–H and O–H groups in total. The lowest BCUT2D eigenvalue weighted by atomic mass is 10.0. The van der Waals surface area contributed by atoms with E-state index in [-0.39, 0.29) is 0 Å². The average molecular weight is 319 g/mol. The van der Waals surface area contributed by atoms with Gasteiger partial charge < -0.3 is 10.0 Å². The van der Waals surface area contributed by atoms with Gasteiger partial charge in [0.05, 0.1) is 6.10 Å². The molecule has 1 unspecified atom stereocenters. The van der Waals surface area contributed by atoms with Crippen molar-refractivity contribution < 1.29 is 5.11 Å². The predicted octanol–water partition coefficient (Wildman–Crippen LogP) is 4.70. The predicted molar refractivity (Wildman–Crippen MR) is 101 cm³/mol. The SMILES string of the molecule is Cc1ccc(C(O)CCN(C)Cc2cccc3ccccc23)cc1. The molecular formula is C22H25NO. The van der Waals surface area contributed by atoms with E-state index in [0.29, 0.717) is 0 Å². The lowest BCUT2D eigenvalue weighted by Crippen LogP contribution is -2.21. The quantitative estimate of drug-likeness (QED) is 0.711. The van der Waals surface area contributed by atoms with Crippen molar-refractivity contribution >= 4 is 10.8 Å². The Morgan fingerprint density at radius 1 is 0.917 bits per heavy atom. The monoisotopic (exact) mass is 319 g/mol. The van der Waals surface area contributed by atoms with Crippen LogP contribution in [0.15, 0.2) is 66.7 Å². The fraction of sp³-hybridized carbons (Fsp3) is 0.273. The first-order valence-electron chi connectivity index (χ1n) is 8.53. The maximum absolute atomic E-state index is 10.4. The van der Waals surface area contributed by atoms with E-state index in [1.807, 2.05) is 12.1 Å². The molecule has 0 fully saturated rings. The first-order valence-corrected chi connectivity index (χ1v) is 8.53. The number of hydrogen-bond donors (Lipinski definition) is 1. The van der Waals surface area contributed by atoms with Crippen LogP contribution in [0.3, 0.4) is 0 Å². The van der Waals surface area contributed by atoms with Gasteiger partial charge in [-0.15, -0.1) is 0 Å². The van der Waals surface area contributed by atoms with Crippen molar-refractivity contribution in [3.63, 3.8) is 0 Å². The van der Waals surface area contributed by atoms with Gasteiger partial charge in [-0.05, 0) is 42.3 Å². The summed E-state index contributed by atoms with van der Waals surface area (Å²) in [7, 11) is 2.11. The van der Waals surface area contributed by atoms with Crippen LogP contribution in [0.2, 0.25) is 0 Å². The summed E-state index contributed by atoms with van der Waals surface area (Å²) in [6.07, 6.45) is 0.338. The highest BCUT2D eigenvalue weighted by Gasteiger charge is 2.10. The minimum atomic E-state index is -0.402. The lowest BCUT2D eigenvalue weighted by molar-refractivity contribution is 0.148. The number of rotatable bonds is 6. The Kier molecular flexibility index (Phi) is 5.29. The standard InChI is InChI=1S/C22H25NO/c1-17-10-12-19(13-11-17)22(24)14-15-23(2)16-20-8-5-7-18-6-3-4-9-21(18)20/h3-13,22,24H,14-16H2,1-2H3. The molecule has 0 saturated heterocycles. The Morgan fingerprint density at radius 2 is 1.62 bits per heavy atom. The molecule has 0 amide bonds. The van der Waals surface area contributed by atoms with Gasteiger partial charge in [0.15, 0.2) is 0 Å². The maximum atomic E-state index is 10.4. The normalized spacial score (nSPS) is 12.7. The Morgan fingerprint density at radius 3 is 2.42 bits per heavy atom. The van der Waals surface area contributed by atoms with Gasteiger partial charge in [-0.25, -0.2) is 0 Å². The number of nitrogens with zero attached hydrogens (tertiary/aromatic N) is 1. The maximum Gasteiger partial charge on any atom is 0.0802 e. The smallest absolute Gasteiger partial charge is 0.0802 e. The number of hydrogen-bond acceptors (Lipinski definition) is 2. The Hall–Kier alpha value is -2.16. The summed E-state index contributed by atoms with van der Waals surface area (Å²) in [4.78, 5) is 2.28. The topological polar surface area (TPSA) is 23.5 Å². The summed E-state index contributed by atoms with van der Waals surface area (Å²) in [6, 6.07) is 23.1. The Balaban J connectivity index is 1.61. The van der Waals surface area contributed by atoms with Crippen molar-refractivity contribution in [1.29, 1.82) is 0 Å². The number of aliphatic hydroxyl groups excluding tert-OH is 1. The molecule has 0 aliphatic heterocycles. The van der Waals surface area contributed by atoms with Crippen LogP contribution in [0, 0.1) is 6.92 Å². The van der Waals surface area contributed by atoms with E-state index in [2.05, 4.69) is 73.5 Å².